The van der Waals surface area contributed by atoms with Gasteiger partial charge in [-0.15, -0.1) is 0 Å². The predicted molar refractivity (Wildman–Crippen MR) is 113 cm³/mol. The zero-order valence-corrected chi connectivity index (χ0v) is 17.7. The van der Waals surface area contributed by atoms with E-state index in [2.05, 4.69) is 5.32 Å². The smallest absolute Gasteiger partial charge is 0.224 e. The van der Waals surface area contributed by atoms with E-state index in [-0.39, 0.29) is 29.9 Å². The number of carbonyl (C=O) groups is 2. The molecule has 29 heavy (non-hydrogen) atoms. The van der Waals surface area contributed by atoms with Crippen LogP contribution in [0, 0.1) is 5.41 Å². The molecule has 0 saturated heterocycles. The molecule has 6 nitrogen and oxygen atoms in total. The van der Waals surface area contributed by atoms with Crippen LogP contribution in [0.15, 0.2) is 18.2 Å². The van der Waals surface area contributed by atoms with Gasteiger partial charge in [-0.25, -0.2) is 0 Å². The number of fused-ring (bicyclic) bond motifs is 1. The lowest BCUT2D eigenvalue weighted by atomic mass is 9.88. The lowest BCUT2D eigenvalue weighted by Gasteiger charge is -2.36. The highest BCUT2D eigenvalue weighted by Crippen LogP contribution is 2.30. The molecule has 1 saturated carbocycles. The summed E-state index contributed by atoms with van der Waals surface area (Å²) in [7, 11) is 0. The van der Waals surface area contributed by atoms with Gasteiger partial charge in [-0.2, -0.15) is 0 Å². The molecule has 3 rings (SSSR count). The summed E-state index contributed by atoms with van der Waals surface area (Å²) in [5.41, 5.74) is 1.63. The minimum Gasteiger partial charge on any atom is -0.493 e. The van der Waals surface area contributed by atoms with Gasteiger partial charge in [0.05, 0.1) is 13.2 Å². The Hall–Kier alpha value is -2.08. The van der Waals surface area contributed by atoms with Crippen molar-refractivity contribution in [1.29, 1.82) is 0 Å². The van der Waals surface area contributed by atoms with Crippen LogP contribution in [0.3, 0.4) is 0 Å². The van der Waals surface area contributed by atoms with Crippen molar-refractivity contribution in [2.24, 2.45) is 5.41 Å². The van der Waals surface area contributed by atoms with Crippen molar-refractivity contribution in [3.63, 3.8) is 0 Å². The number of hydrogen-bond donors (Lipinski definition) is 2. The molecule has 2 aliphatic rings. The molecular weight excluding hydrogens is 368 g/mol. The van der Waals surface area contributed by atoms with Crippen molar-refractivity contribution in [3.05, 3.63) is 23.8 Å². The maximum Gasteiger partial charge on any atom is 0.224 e. The maximum absolute atomic E-state index is 13.0. The normalized spacial score (nSPS) is 17.4. The maximum atomic E-state index is 13.0. The number of hydrogen-bond acceptors (Lipinski definition) is 4. The van der Waals surface area contributed by atoms with E-state index in [0.717, 1.165) is 49.1 Å². The van der Waals surface area contributed by atoms with Gasteiger partial charge in [0, 0.05) is 36.5 Å². The summed E-state index contributed by atoms with van der Waals surface area (Å²) in [4.78, 5) is 26.4. The van der Waals surface area contributed by atoms with Gasteiger partial charge < -0.3 is 20.1 Å². The number of nitrogens with zero attached hydrogens (tertiary/aromatic N) is 1. The Bertz CT molecular complexity index is 726. The highest BCUT2D eigenvalue weighted by atomic mass is 16.5. The third-order valence-electron chi connectivity index (χ3n) is 5.91. The number of benzene rings is 1. The second kappa shape index (κ2) is 9.61. The van der Waals surface area contributed by atoms with Gasteiger partial charge in [-0.3, -0.25) is 9.59 Å². The van der Waals surface area contributed by atoms with Crippen LogP contribution in [-0.4, -0.2) is 47.6 Å². The highest BCUT2D eigenvalue weighted by Gasteiger charge is 2.30. The zero-order chi connectivity index (χ0) is 20.9. The fraction of sp³-hybridized carbons (Fsp3) is 0.652. The van der Waals surface area contributed by atoms with E-state index < -0.39 is 0 Å². The third kappa shape index (κ3) is 5.95. The van der Waals surface area contributed by atoms with E-state index in [1.807, 2.05) is 36.9 Å². The van der Waals surface area contributed by atoms with Crippen LogP contribution in [0.4, 0.5) is 5.69 Å². The Labute approximate surface area is 173 Å². The van der Waals surface area contributed by atoms with Crippen LogP contribution < -0.4 is 10.1 Å². The first kappa shape index (κ1) is 21.6. The molecule has 1 heterocycles. The quantitative estimate of drug-likeness (QED) is 0.697. The summed E-state index contributed by atoms with van der Waals surface area (Å²) >= 11 is 0. The molecule has 6 heteroatoms. The minimum absolute atomic E-state index is 0.00479. The van der Waals surface area contributed by atoms with Gasteiger partial charge in [0.25, 0.3) is 0 Å². The molecule has 0 unspecified atom stereocenters. The second-order valence-corrected chi connectivity index (χ2v) is 9.10. The SMILES string of the molecule is CC(C)(COc1ccc2c(c1)CCC(=O)N2)CC(=O)N(CCO)C1CCCCC1. The first-order valence-electron chi connectivity index (χ1n) is 10.8. The van der Waals surface area contributed by atoms with E-state index in [9.17, 15) is 14.7 Å². The van der Waals surface area contributed by atoms with Gasteiger partial charge in [0.15, 0.2) is 0 Å². The molecule has 1 aliphatic heterocycles. The van der Waals surface area contributed by atoms with Crippen molar-refractivity contribution < 1.29 is 19.4 Å². The number of carbonyl (C=O) groups excluding carboxylic acids is 2. The predicted octanol–water partition coefficient (Wildman–Crippen LogP) is 3.52. The lowest BCUT2D eigenvalue weighted by molar-refractivity contribution is -0.137. The van der Waals surface area contributed by atoms with Crippen LogP contribution in [0.5, 0.6) is 5.75 Å². The number of rotatable bonds is 8. The van der Waals surface area contributed by atoms with E-state index in [1.165, 1.54) is 6.42 Å². The molecule has 0 atom stereocenters. The highest BCUT2D eigenvalue weighted by molar-refractivity contribution is 5.94. The molecular formula is C23H34N2O4. The van der Waals surface area contributed by atoms with Gasteiger partial charge >= 0.3 is 0 Å². The summed E-state index contributed by atoms with van der Waals surface area (Å²) in [5, 5.41) is 12.3. The Kier molecular flexibility index (Phi) is 7.17. The molecule has 1 aromatic rings. The number of anilines is 1. The second-order valence-electron chi connectivity index (χ2n) is 9.10. The number of aliphatic hydroxyl groups is 1. The average Bonchev–Trinajstić information content (AvgIpc) is 2.70. The Morgan fingerprint density at radius 1 is 1.24 bits per heavy atom. The monoisotopic (exact) mass is 402 g/mol. The molecule has 1 aromatic carbocycles. The van der Waals surface area contributed by atoms with E-state index in [1.54, 1.807) is 0 Å². The Morgan fingerprint density at radius 2 is 2.00 bits per heavy atom. The molecule has 1 fully saturated rings. The van der Waals surface area contributed by atoms with E-state index in [0.29, 0.717) is 26.0 Å². The van der Waals surface area contributed by atoms with Crippen LogP contribution in [0.1, 0.15) is 64.4 Å². The Balaban J connectivity index is 1.57. The largest absolute Gasteiger partial charge is 0.493 e. The number of ether oxygens (including phenoxy) is 1. The standard InChI is InChI=1S/C23H34N2O4/c1-23(2,15-22(28)25(12-13-26)18-6-4-3-5-7-18)16-29-19-9-10-20-17(14-19)8-11-21(27)24-20/h9-10,14,18,26H,3-8,11-13,15-16H2,1-2H3,(H,24,27). The molecule has 1 aliphatic carbocycles. The zero-order valence-electron chi connectivity index (χ0n) is 17.7. The number of aliphatic hydroxyl groups excluding tert-OH is 1. The van der Waals surface area contributed by atoms with Gasteiger partial charge in [0.2, 0.25) is 11.8 Å². The van der Waals surface area contributed by atoms with Crippen LogP contribution in [-0.2, 0) is 16.0 Å². The topological polar surface area (TPSA) is 78.9 Å². The summed E-state index contributed by atoms with van der Waals surface area (Å²) < 4.78 is 6.02. The average molecular weight is 403 g/mol. The molecule has 0 bridgehead atoms. The third-order valence-corrected chi connectivity index (χ3v) is 5.91. The first-order valence-corrected chi connectivity index (χ1v) is 10.8. The van der Waals surface area contributed by atoms with Gasteiger partial charge in [-0.05, 0) is 43.0 Å². The summed E-state index contributed by atoms with van der Waals surface area (Å²) in [6, 6.07) is 5.98. The molecule has 0 radical (unpaired) electrons. The molecule has 2 amide bonds. The van der Waals surface area contributed by atoms with Gasteiger partial charge in [-0.1, -0.05) is 33.1 Å². The number of amides is 2. The fourth-order valence-electron chi connectivity index (χ4n) is 4.30. The van der Waals surface area contributed by atoms with Crippen molar-refractivity contribution in [1.82, 2.24) is 4.90 Å². The summed E-state index contributed by atoms with van der Waals surface area (Å²) in [6.45, 7) is 4.94. The summed E-state index contributed by atoms with van der Waals surface area (Å²) in [5.74, 6) is 0.920. The summed E-state index contributed by atoms with van der Waals surface area (Å²) in [6.07, 6.45) is 7.24. The first-order chi connectivity index (χ1) is 13.9. The van der Waals surface area contributed by atoms with E-state index >= 15 is 0 Å². The molecule has 0 aromatic heterocycles. The molecule has 160 valence electrons. The van der Waals surface area contributed by atoms with Crippen molar-refractivity contribution >= 4 is 17.5 Å². The lowest BCUT2D eigenvalue weighted by Crippen LogP contribution is -2.45. The van der Waals surface area contributed by atoms with Gasteiger partial charge in [0.1, 0.15) is 5.75 Å². The minimum atomic E-state index is -0.316. The van der Waals surface area contributed by atoms with E-state index in [4.69, 9.17) is 4.74 Å². The number of nitrogens with one attached hydrogen (secondary N) is 1. The molecule has 0 spiro atoms. The van der Waals surface area contributed by atoms with Crippen molar-refractivity contribution in [2.75, 3.05) is 25.1 Å². The van der Waals surface area contributed by atoms with Crippen molar-refractivity contribution in [3.8, 4) is 5.75 Å². The number of aryl methyl sites for hydroxylation is 1. The van der Waals surface area contributed by atoms with Crippen LogP contribution in [0.2, 0.25) is 0 Å². The Morgan fingerprint density at radius 3 is 2.72 bits per heavy atom. The fourth-order valence-corrected chi connectivity index (χ4v) is 4.30. The van der Waals surface area contributed by atoms with Crippen LogP contribution >= 0.6 is 0 Å². The van der Waals surface area contributed by atoms with Crippen molar-refractivity contribution in [2.45, 2.75) is 71.3 Å². The van der Waals surface area contributed by atoms with Crippen LogP contribution in [0.25, 0.3) is 0 Å². The molecule has 2 N–H and O–H groups in total.